The van der Waals surface area contributed by atoms with Crippen LogP contribution in [0.2, 0.25) is 0 Å². The van der Waals surface area contributed by atoms with Crippen molar-refractivity contribution in [1.29, 1.82) is 0 Å². The lowest BCUT2D eigenvalue weighted by Gasteiger charge is -2.23. The number of carbonyl (C=O) groups excluding carboxylic acids is 1. The third kappa shape index (κ3) is 20.6. The van der Waals surface area contributed by atoms with Gasteiger partial charge in [-0.1, -0.05) is 195 Å². The molecule has 1 heterocycles. The highest BCUT2D eigenvalue weighted by atomic mass is 16.5. The van der Waals surface area contributed by atoms with Crippen LogP contribution in [0.15, 0.2) is 0 Å². The van der Waals surface area contributed by atoms with E-state index in [1.54, 1.807) is 6.92 Å². The SMILES string of the molecule is CCCCCCCCCCCCNC(=O)C(C)C(C(=O)O)c1c(C(CC)OCCCCCCCCCC)c(O)n(CCCCCCCCCCCC)c1O. The first-order chi connectivity index (χ1) is 26.3. The summed E-state index contributed by atoms with van der Waals surface area (Å²) in [6.45, 7) is 11.6. The number of unbranched alkanes of at least 4 members (excludes halogenated alkanes) is 25. The summed E-state index contributed by atoms with van der Waals surface area (Å²) in [6, 6.07) is 0. The number of rotatable bonds is 38. The lowest BCUT2D eigenvalue weighted by atomic mass is 9.84. The maximum atomic E-state index is 13.4. The molecule has 3 atom stereocenters. The van der Waals surface area contributed by atoms with Crippen molar-refractivity contribution in [2.45, 2.75) is 239 Å². The molecular formula is C46H86N2O6. The van der Waals surface area contributed by atoms with E-state index in [0.29, 0.717) is 31.7 Å². The molecule has 4 N–H and O–H groups in total. The average Bonchev–Trinajstić information content (AvgIpc) is 3.39. The molecule has 0 saturated heterocycles. The Morgan fingerprint density at radius 3 is 1.39 bits per heavy atom. The van der Waals surface area contributed by atoms with Crippen LogP contribution in [-0.2, 0) is 20.9 Å². The van der Waals surface area contributed by atoms with Crippen LogP contribution in [-0.4, -0.2) is 44.9 Å². The van der Waals surface area contributed by atoms with Gasteiger partial charge in [0.2, 0.25) is 5.91 Å². The van der Waals surface area contributed by atoms with E-state index < -0.39 is 23.9 Å². The molecule has 0 aliphatic carbocycles. The molecular weight excluding hydrogens is 677 g/mol. The van der Waals surface area contributed by atoms with Crippen LogP contribution in [0, 0.1) is 5.92 Å². The summed E-state index contributed by atoms with van der Waals surface area (Å²) in [5.41, 5.74) is 0.444. The second-order valence-corrected chi connectivity index (χ2v) is 16.1. The van der Waals surface area contributed by atoms with Crippen LogP contribution in [0.3, 0.4) is 0 Å². The number of amides is 1. The highest BCUT2D eigenvalue weighted by Gasteiger charge is 2.40. The van der Waals surface area contributed by atoms with Crippen molar-refractivity contribution in [1.82, 2.24) is 9.88 Å². The first-order valence-electron chi connectivity index (χ1n) is 23.0. The van der Waals surface area contributed by atoms with Gasteiger partial charge in [-0.05, 0) is 25.7 Å². The zero-order chi connectivity index (χ0) is 39.8. The number of carbonyl (C=O) groups is 2. The summed E-state index contributed by atoms with van der Waals surface area (Å²) in [5.74, 6) is -4.21. The molecule has 0 bridgehead atoms. The monoisotopic (exact) mass is 763 g/mol. The largest absolute Gasteiger partial charge is 0.494 e. The highest BCUT2D eigenvalue weighted by molar-refractivity contribution is 5.88. The van der Waals surface area contributed by atoms with E-state index in [1.807, 2.05) is 6.92 Å². The van der Waals surface area contributed by atoms with Crippen molar-refractivity contribution in [2.75, 3.05) is 13.2 Å². The standard InChI is InChI=1S/C46H86N2O6/c1-6-10-13-16-19-22-24-26-29-32-35-47-43(49)38(5)40(46(52)53)42-41(39(9-4)54-37-34-31-28-21-18-15-12-8-3)44(50)48(45(42)51)36-33-30-27-25-23-20-17-14-11-7-2/h38-40,50-51H,6-37H2,1-5H3,(H,47,49)(H,52,53). The van der Waals surface area contributed by atoms with Crippen LogP contribution >= 0.6 is 0 Å². The van der Waals surface area contributed by atoms with Crippen molar-refractivity contribution in [3.05, 3.63) is 11.1 Å². The Balaban J connectivity index is 2.98. The minimum absolute atomic E-state index is 0.122. The fourth-order valence-electron chi connectivity index (χ4n) is 7.82. The van der Waals surface area contributed by atoms with E-state index >= 15 is 0 Å². The van der Waals surface area contributed by atoms with Gasteiger partial charge in [0.05, 0.1) is 23.5 Å². The Labute approximate surface area is 332 Å². The third-order valence-electron chi connectivity index (χ3n) is 11.3. The van der Waals surface area contributed by atoms with Crippen LogP contribution < -0.4 is 5.32 Å². The van der Waals surface area contributed by atoms with Crippen molar-refractivity contribution in [3.8, 4) is 11.8 Å². The van der Waals surface area contributed by atoms with Gasteiger partial charge in [0, 0.05) is 25.3 Å². The predicted octanol–water partition coefficient (Wildman–Crippen LogP) is 13.3. The third-order valence-corrected chi connectivity index (χ3v) is 11.3. The number of aliphatic carboxylic acids is 1. The van der Waals surface area contributed by atoms with Crippen LogP contribution in [0.1, 0.15) is 244 Å². The molecule has 0 saturated carbocycles. The Morgan fingerprint density at radius 1 is 0.574 bits per heavy atom. The summed E-state index contributed by atoms with van der Waals surface area (Å²) < 4.78 is 7.81. The number of ether oxygens (including phenoxy) is 1. The summed E-state index contributed by atoms with van der Waals surface area (Å²) in [7, 11) is 0. The van der Waals surface area contributed by atoms with E-state index in [0.717, 1.165) is 57.8 Å². The van der Waals surface area contributed by atoms with Gasteiger partial charge < -0.3 is 25.4 Å². The lowest BCUT2D eigenvalue weighted by molar-refractivity contribution is -0.143. The number of carboxylic acid groups (broad SMARTS) is 1. The molecule has 3 unspecified atom stereocenters. The fourth-order valence-corrected chi connectivity index (χ4v) is 7.82. The molecule has 1 amide bonds. The number of nitrogens with one attached hydrogen (secondary N) is 1. The number of hydrogen-bond donors (Lipinski definition) is 4. The molecule has 0 fully saturated rings. The van der Waals surface area contributed by atoms with Gasteiger partial charge in [0.1, 0.15) is 0 Å². The second kappa shape index (κ2) is 33.0. The van der Waals surface area contributed by atoms with Gasteiger partial charge in [-0.3, -0.25) is 14.2 Å². The second-order valence-electron chi connectivity index (χ2n) is 16.1. The Kier molecular flexibility index (Phi) is 30.4. The molecule has 0 aromatic carbocycles. The van der Waals surface area contributed by atoms with Gasteiger partial charge in [-0.15, -0.1) is 0 Å². The fraction of sp³-hybridized carbons (Fsp3) is 0.870. The molecule has 0 spiro atoms. The number of hydrogen-bond acceptors (Lipinski definition) is 5. The molecule has 1 aromatic heterocycles. The van der Waals surface area contributed by atoms with E-state index in [9.17, 15) is 24.9 Å². The number of aromatic nitrogens is 1. The van der Waals surface area contributed by atoms with Gasteiger partial charge in [-0.2, -0.15) is 0 Å². The number of carboxylic acids is 1. The minimum atomic E-state index is -1.33. The molecule has 316 valence electrons. The quantitative estimate of drug-likeness (QED) is 0.0498. The Bertz CT molecular complexity index is 1070. The van der Waals surface area contributed by atoms with Crippen molar-refractivity contribution in [2.24, 2.45) is 5.92 Å². The van der Waals surface area contributed by atoms with Gasteiger partial charge in [0.25, 0.3) is 0 Å². The maximum Gasteiger partial charge on any atom is 0.312 e. The topological polar surface area (TPSA) is 121 Å². The number of aromatic hydroxyl groups is 2. The van der Waals surface area contributed by atoms with Crippen molar-refractivity contribution < 1.29 is 29.6 Å². The minimum Gasteiger partial charge on any atom is -0.494 e. The molecule has 54 heavy (non-hydrogen) atoms. The Hall–Kier alpha value is -2.22. The smallest absolute Gasteiger partial charge is 0.312 e. The molecule has 0 aliphatic heterocycles. The predicted molar refractivity (Wildman–Crippen MR) is 226 cm³/mol. The normalized spacial score (nSPS) is 13.3. The zero-order valence-corrected chi connectivity index (χ0v) is 35.9. The summed E-state index contributed by atoms with van der Waals surface area (Å²) in [4.78, 5) is 26.4. The summed E-state index contributed by atoms with van der Waals surface area (Å²) in [5, 5.41) is 36.9. The molecule has 8 nitrogen and oxygen atoms in total. The van der Waals surface area contributed by atoms with Gasteiger partial charge >= 0.3 is 5.97 Å². The van der Waals surface area contributed by atoms with Gasteiger partial charge in [0.15, 0.2) is 11.8 Å². The average molecular weight is 763 g/mol. The molecule has 1 rings (SSSR count). The van der Waals surface area contributed by atoms with E-state index in [-0.39, 0.29) is 23.2 Å². The molecule has 0 radical (unpaired) electrons. The van der Waals surface area contributed by atoms with E-state index in [2.05, 4.69) is 26.1 Å². The van der Waals surface area contributed by atoms with E-state index in [4.69, 9.17) is 4.74 Å². The van der Waals surface area contributed by atoms with Crippen LogP contribution in [0.5, 0.6) is 11.8 Å². The summed E-state index contributed by atoms with van der Waals surface area (Å²) >= 11 is 0. The van der Waals surface area contributed by atoms with Crippen molar-refractivity contribution >= 4 is 11.9 Å². The zero-order valence-electron chi connectivity index (χ0n) is 35.9. The van der Waals surface area contributed by atoms with Gasteiger partial charge in [-0.25, -0.2) is 0 Å². The molecule has 1 aromatic rings. The van der Waals surface area contributed by atoms with Crippen LogP contribution in [0.4, 0.5) is 0 Å². The Morgan fingerprint density at radius 2 is 0.963 bits per heavy atom. The molecule has 0 aliphatic rings. The van der Waals surface area contributed by atoms with Crippen molar-refractivity contribution in [3.63, 3.8) is 0 Å². The lowest BCUT2D eigenvalue weighted by Crippen LogP contribution is -2.36. The van der Waals surface area contributed by atoms with Crippen LogP contribution in [0.25, 0.3) is 0 Å². The highest BCUT2D eigenvalue weighted by Crippen LogP contribution is 2.46. The number of nitrogens with zero attached hydrogens (tertiary/aromatic N) is 1. The molecule has 8 heteroatoms. The van der Waals surface area contributed by atoms with E-state index in [1.165, 1.54) is 127 Å². The first kappa shape index (κ1) is 49.8. The summed E-state index contributed by atoms with van der Waals surface area (Å²) in [6.07, 6.45) is 32.9. The maximum absolute atomic E-state index is 13.4. The first-order valence-corrected chi connectivity index (χ1v) is 23.0.